The fourth-order valence-corrected chi connectivity index (χ4v) is 3.36. The zero-order valence-corrected chi connectivity index (χ0v) is 11.4. The Morgan fingerprint density at radius 2 is 2.00 bits per heavy atom. The van der Waals surface area contributed by atoms with Gasteiger partial charge in [-0.3, -0.25) is 10.1 Å². The molecule has 3 rings (SSSR count). The molecular weight excluding hydrogens is 291 g/mol. The third kappa shape index (κ3) is 2.38. The van der Waals surface area contributed by atoms with E-state index in [9.17, 15) is 10.1 Å². The minimum Gasteiger partial charge on any atom is -0.377 e. The van der Waals surface area contributed by atoms with Crippen LogP contribution >= 0.6 is 23.2 Å². The van der Waals surface area contributed by atoms with Crippen molar-refractivity contribution in [3.05, 3.63) is 32.3 Å². The van der Waals surface area contributed by atoms with Crippen LogP contribution in [0.1, 0.15) is 19.3 Å². The van der Waals surface area contributed by atoms with E-state index < -0.39 is 4.92 Å². The average molecular weight is 303 g/mol. The van der Waals surface area contributed by atoms with Crippen LogP contribution < -0.4 is 5.32 Å². The van der Waals surface area contributed by atoms with E-state index in [4.69, 9.17) is 27.9 Å². The van der Waals surface area contributed by atoms with E-state index >= 15 is 0 Å². The minimum atomic E-state index is -0.512. The van der Waals surface area contributed by atoms with E-state index in [1.165, 1.54) is 12.1 Å². The highest BCUT2D eigenvalue weighted by atomic mass is 35.5. The highest BCUT2D eigenvalue weighted by Crippen LogP contribution is 2.40. The third-order valence-corrected chi connectivity index (χ3v) is 4.27. The second-order valence-corrected chi connectivity index (χ2v) is 5.72. The first kappa shape index (κ1) is 13.0. The maximum Gasteiger partial charge on any atom is 0.272 e. The first-order chi connectivity index (χ1) is 9.04. The van der Waals surface area contributed by atoms with Gasteiger partial charge in [0.25, 0.3) is 5.69 Å². The van der Waals surface area contributed by atoms with Gasteiger partial charge in [0.05, 0.1) is 38.9 Å². The predicted octanol–water partition coefficient (Wildman–Crippen LogP) is 3.63. The Morgan fingerprint density at radius 3 is 2.47 bits per heavy atom. The van der Waals surface area contributed by atoms with E-state index in [0.29, 0.717) is 11.8 Å². The quantitative estimate of drug-likeness (QED) is 0.684. The van der Waals surface area contributed by atoms with Gasteiger partial charge in [0, 0.05) is 12.1 Å². The smallest absolute Gasteiger partial charge is 0.272 e. The number of hydrogen-bond acceptors (Lipinski definition) is 4. The summed E-state index contributed by atoms with van der Waals surface area (Å²) in [4.78, 5) is 10.2. The lowest BCUT2D eigenvalue weighted by Gasteiger charge is -2.22. The molecule has 19 heavy (non-hydrogen) atoms. The summed E-state index contributed by atoms with van der Waals surface area (Å²) in [5.41, 5.74) is 0.444. The number of non-ortho nitro benzene ring substituents is 1. The number of nitro groups is 1. The average Bonchev–Trinajstić information content (AvgIpc) is 2.95. The van der Waals surface area contributed by atoms with Crippen molar-refractivity contribution < 1.29 is 9.66 Å². The van der Waals surface area contributed by atoms with Gasteiger partial charge in [0.15, 0.2) is 0 Å². The van der Waals surface area contributed by atoms with Crippen molar-refractivity contribution in [3.8, 4) is 0 Å². The van der Waals surface area contributed by atoms with Crippen LogP contribution in [-0.4, -0.2) is 23.2 Å². The Hall–Kier alpha value is -1.04. The van der Waals surface area contributed by atoms with Gasteiger partial charge in [0.2, 0.25) is 0 Å². The third-order valence-electron chi connectivity index (χ3n) is 3.67. The van der Waals surface area contributed by atoms with Gasteiger partial charge in [-0.1, -0.05) is 23.2 Å². The molecule has 2 saturated heterocycles. The van der Waals surface area contributed by atoms with Gasteiger partial charge < -0.3 is 10.1 Å². The molecule has 0 aliphatic carbocycles. The van der Waals surface area contributed by atoms with Gasteiger partial charge in [-0.05, 0) is 19.3 Å². The topological polar surface area (TPSA) is 64.4 Å². The molecule has 3 unspecified atom stereocenters. The Labute approximate surface area is 120 Å². The molecule has 0 saturated carbocycles. The summed E-state index contributed by atoms with van der Waals surface area (Å²) in [6, 6.07) is 2.79. The standard InChI is InChI=1S/C12H12Cl2N2O3/c13-8-3-6(16(17)18)4-9(14)12(8)15-10-5-7-1-2-11(10)19-7/h3-4,7,10-11,15H,1-2,5H2. The molecule has 1 N–H and O–H groups in total. The summed E-state index contributed by atoms with van der Waals surface area (Å²) >= 11 is 12.1. The molecule has 0 radical (unpaired) electrons. The SMILES string of the molecule is O=[N+]([O-])c1cc(Cl)c(NC2CC3CCC2O3)c(Cl)c1. The van der Waals surface area contributed by atoms with Crippen LogP contribution in [0.15, 0.2) is 12.1 Å². The number of rotatable bonds is 3. The summed E-state index contributed by atoms with van der Waals surface area (Å²) < 4.78 is 5.74. The van der Waals surface area contributed by atoms with Crippen molar-refractivity contribution in [3.63, 3.8) is 0 Å². The van der Waals surface area contributed by atoms with Crippen molar-refractivity contribution in [2.75, 3.05) is 5.32 Å². The molecule has 1 aromatic rings. The first-order valence-corrected chi connectivity index (χ1v) is 6.85. The van der Waals surface area contributed by atoms with Crippen LogP contribution in [0.4, 0.5) is 11.4 Å². The van der Waals surface area contributed by atoms with Crippen molar-refractivity contribution in [1.29, 1.82) is 0 Å². The molecule has 2 fully saturated rings. The van der Waals surface area contributed by atoms with Gasteiger partial charge in [0.1, 0.15) is 0 Å². The fourth-order valence-electron chi connectivity index (χ4n) is 2.78. The van der Waals surface area contributed by atoms with E-state index in [1.807, 2.05) is 0 Å². The second-order valence-electron chi connectivity index (χ2n) is 4.90. The number of fused-ring (bicyclic) bond motifs is 2. The van der Waals surface area contributed by atoms with Crippen LogP contribution in [0.2, 0.25) is 10.0 Å². The van der Waals surface area contributed by atoms with E-state index in [-0.39, 0.29) is 27.9 Å². The number of anilines is 1. The van der Waals surface area contributed by atoms with Crippen LogP contribution in [0.3, 0.4) is 0 Å². The summed E-state index contributed by atoms with van der Waals surface area (Å²) in [7, 11) is 0. The van der Waals surface area contributed by atoms with Crippen LogP contribution in [0, 0.1) is 10.1 Å². The molecule has 0 spiro atoms. The van der Waals surface area contributed by atoms with Crippen molar-refractivity contribution in [2.45, 2.75) is 37.5 Å². The summed E-state index contributed by atoms with van der Waals surface area (Å²) in [6.07, 6.45) is 3.56. The normalized spacial score (nSPS) is 28.6. The molecule has 1 aromatic carbocycles. The number of ether oxygens (including phenoxy) is 1. The monoisotopic (exact) mass is 302 g/mol. The number of nitrogens with one attached hydrogen (secondary N) is 1. The lowest BCUT2D eigenvalue weighted by Crippen LogP contribution is -2.30. The first-order valence-electron chi connectivity index (χ1n) is 6.10. The molecule has 2 heterocycles. The van der Waals surface area contributed by atoms with Crippen LogP contribution in [0.5, 0.6) is 0 Å². The number of benzene rings is 1. The highest BCUT2D eigenvalue weighted by Gasteiger charge is 2.41. The number of nitro benzene ring substituents is 1. The molecule has 2 aliphatic heterocycles. The van der Waals surface area contributed by atoms with Gasteiger partial charge in [-0.15, -0.1) is 0 Å². The van der Waals surface area contributed by atoms with E-state index in [2.05, 4.69) is 5.32 Å². The highest BCUT2D eigenvalue weighted by molar-refractivity contribution is 6.39. The molecule has 0 amide bonds. The number of nitrogens with zero attached hydrogens (tertiary/aromatic N) is 1. The van der Waals surface area contributed by atoms with Gasteiger partial charge in [-0.2, -0.15) is 0 Å². The maximum absolute atomic E-state index is 10.7. The molecule has 102 valence electrons. The molecule has 7 heteroatoms. The summed E-state index contributed by atoms with van der Waals surface area (Å²) in [5, 5.41) is 14.5. The van der Waals surface area contributed by atoms with Crippen LogP contribution in [0.25, 0.3) is 0 Å². The van der Waals surface area contributed by atoms with Crippen molar-refractivity contribution in [2.24, 2.45) is 0 Å². The fraction of sp³-hybridized carbons (Fsp3) is 0.500. The van der Waals surface area contributed by atoms with Crippen molar-refractivity contribution in [1.82, 2.24) is 0 Å². The molecule has 2 bridgehead atoms. The number of halogens is 2. The van der Waals surface area contributed by atoms with E-state index in [1.54, 1.807) is 0 Å². The molecular formula is C12H12Cl2N2O3. The van der Waals surface area contributed by atoms with E-state index in [0.717, 1.165) is 19.3 Å². The number of hydrogen-bond donors (Lipinski definition) is 1. The summed E-state index contributed by atoms with van der Waals surface area (Å²) in [6.45, 7) is 0. The molecule has 3 atom stereocenters. The lowest BCUT2D eigenvalue weighted by molar-refractivity contribution is -0.384. The zero-order valence-electron chi connectivity index (χ0n) is 9.94. The predicted molar refractivity (Wildman–Crippen MR) is 73.0 cm³/mol. The summed E-state index contributed by atoms with van der Waals surface area (Å²) in [5.74, 6) is 0. The minimum absolute atomic E-state index is 0.107. The van der Waals surface area contributed by atoms with Gasteiger partial charge >= 0.3 is 0 Å². The lowest BCUT2D eigenvalue weighted by atomic mass is 9.95. The Kier molecular flexibility index (Phi) is 3.28. The maximum atomic E-state index is 10.7. The second kappa shape index (κ2) is 4.81. The Morgan fingerprint density at radius 1 is 1.32 bits per heavy atom. The van der Waals surface area contributed by atoms with Crippen molar-refractivity contribution >= 4 is 34.6 Å². The zero-order chi connectivity index (χ0) is 13.6. The Bertz CT molecular complexity index is 515. The molecule has 0 aromatic heterocycles. The molecule has 2 aliphatic rings. The van der Waals surface area contributed by atoms with Gasteiger partial charge in [-0.25, -0.2) is 0 Å². The largest absolute Gasteiger partial charge is 0.377 e. The van der Waals surface area contributed by atoms with Crippen LogP contribution in [-0.2, 0) is 4.74 Å². The Balaban J connectivity index is 1.83. The molecule has 5 nitrogen and oxygen atoms in total.